The summed E-state index contributed by atoms with van der Waals surface area (Å²) in [5.74, 6) is 2.57. The van der Waals surface area contributed by atoms with Crippen molar-refractivity contribution >= 4 is 17.9 Å². The lowest BCUT2D eigenvalue weighted by molar-refractivity contribution is 0.00434. The number of ether oxygens (including phenoxy) is 1. The molecule has 22 heavy (non-hydrogen) atoms. The number of hydrogen-bond donors (Lipinski definition) is 1. The Hall–Kier alpha value is -0.420. The minimum Gasteiger partial charge on any atom is -0.444 e. The van der Waals surface area contributed by atoms with Crippen LogP contribution in [0.4, 0.5) is 4.79 Å². The Kier molecular flexibility index (Phi) is 4.93. The van der Waals surface area contributed by atoms with Gasteiger partial charge in [-0.05, 0) is 65.0 Å². The first-order chi connectivity index (χ1) is 10.4. The summed E-state index contributed by atoms with van der Waals surface area (Å²) in [5, 5.41) is 3.87. The van der Waals surface area contributed by atoms with Gasteiger partial charge in [0, 0.05) is 29.9 Å². The molecule has 0 aromatic rings. The second kappa shape index (κ2) is 6.60. The molecule has 3 fully saturated rings. The van der Waals surface area contributed by atoms with E-state index in [-0.39, 0.29) is 6.09 Å². The Bertz CT molecular complexity index is 390. The van der Waals surface area contributed by atoms with Crippen molar-refractivity contribution in [2.75, 3.05) is 11.5 Å². The third-order valence-electron chi connectivity index (χ3n) is 4.97. The van der Waals surface area contributed by atoms with E-state index in [1.54, 1.807) is 0 Å². The molecule has 3 heterocycles. The summed E-state index contributed by atoms with van der Waals surface area (Å²) >= 11 is 2.07. The van der Waals surface area contributed by atoms with Crippen LogP contribution in [0.1, 0.15) is 59.3 Å². The summed E-state index contributed by atoms with van der Waals surface area (Å²) in [6.07, 6.45) is 7.02. The number of thioether (sulfide) groups is 1. The molecule has 0 saturated carbocycles. The van der Waals surface area contributed by atoms with Crippen LogP contribution in [0.25, 0.3) is 0 Å². The third-order valence-corrected chi connectivity index (χ3v) is 6.18. The van der Waals surface area contributed by atoms with Gasteiger partial charge in [-0.15, -0.1) is 0 Å². The van der Waals surface area contributed by atoms with Crippen molar-refractivity contribution in [3.05, 3.63) is 0 Å². The lowest BCUT2D eigenvalue weighted by atomic mass is 9.96. The molecule has 0 aliphatic carbocycles. The standard InChI is InChI=1S/C17H30N2O2S/c1-17(2,3)21-16(20)19-14-6-7-15(19)10-13(9-14)18-12-5-4-8-22-11-12/h12-15,18H,4-11H2,1-3H3. The van der Waals surface area contributed by atoms with Crippen LogP contribution in [0.15, 0.2) is 0 Å². The molecule has 3 rings (SSSR count). The molecule has 1 N–H and O–H groups in total. The summed E-state index contributed by atoms with van der Waals surface area (Å²) in [5.41, 5.74) is -0.398. The maximum absolute atomic E-state index is 12.5. The average molecular weight is 327 g/mol. The molecule has 0 aromatic carbocycles. The van der Waals surface area contributed by atoms with E-state index in [9.17, 15) is 4.79 Å². The molecule has 0 aromatic heterocycles. The largest absolute Gasteiger partial charge is 0.444 e. The first-order valence-electron chi connectivity index (χ1n) is 8.77. The first-order valence-corrected chi connectivity index (χ1v) is 9.93. The lowest BCUT2D eigenvalue weighted by Crippen LogP contribution is -2.54. The zero-order valence-electron chi connectivity index (χ0n) is 14.1. The fourth-order valence-electron chi connectivity index (χ4n) is 4.13. The van der Waals surface area contributed by atoms with Crippen molar-refractivity contribution in [3.8, 4) is 0 Å². The van der Waals surface area contributed by atoms with Crippen LogP contribution in [0.3, 0.4) is 0 Å². The molecule has 1 amide bonds. The SMILES string of the molecule is CC(C)(C)OC(=O)N1C2CCC1CC(NC1CCCSC1)C2. The highest BCUT2D eigenvalue weighted by Gasteiger charge is 2.45. The minimum atomic E-state index is -0.398. The van der Waals surface area contributed by atoms with Crippen LogP contribution < -0.4 is 5.32 Å². The van der Waals surface area contributed by atoms with E-state index in [4.69, 9.17) is 4.74 Å². The highest BCUT2D eigenvalue weighted by atomic mass is 32.2. The Labute approximate surface area is 138 Å². The zero-order valence-corrected chi connectivity index (χ0v) is 15.0. The van der Waals surface area contributed by atoms with Gasteiger partial charge in [0.15, 0.2) is 0 Å². The lowest BCUT2D eigenvalue weighted by Gasteiger charge is -2.41. The van der Waals surface area contributed by atoms with Crippen molar-refractivity contribution < 1.29 is 9.53 Å². The predicted octanol–water partition coefficient (Wildman–Crippen LogP) is 3.40. The Balaban J connectivity index is 1.55. The number of nitrogens with one attached hydrogen (secondary N) is 1. The average Bonchev–Trinajstić information content (AvgIpc) is 2.70. The van der Waals surface area contributed by atoms with Crippen LogP contribution in [-0.2, 0) is 4.74 Å². The molecule has 3 unspecified atom stereocenters. The van der Waals surface area contributed by atoms with E-state index in [1.807, 2.05) is 25.7 Å². The molecule has 0 radical (unpaired) electrons. The predicted molar refractivity (Wildman–Crippen MR) is 91.4 cm³/mol. The molecule has 3 aliphatic heterocycles. The van der Waals surface area contributed by atoms with E-state index >= 15 is 0 Å². The monoisotopic (exact) mass is 326 g/mol. The minimum absolute atomic E-state index is 0.105. The van der Waals surface area contributed by atoms with Gasteiger partial charge in [-0.3, -0.25) is 0 Å². The molecule has 5 heteroatoms. The fraction of sp³-hybridized carbons (Fsp3) is 0.941. The maximum atomic E-state index is 12.5. The number of rotatable bonds is 2. The van der Waals surface area contributed by atoms with Gasteiger partial charge in [0.1, 0.15) is 5.60 Å². The molecule has 3 saturated heterocycles. The van der Waals surface area contributed by atoms with E-state index in [0.717, 1.165) is 25.7 Å². The fourth-order valence-corrected chi connectivity index (χ4v) is 5.22. The van der Waals surface area contributed by atoms with Crippen molar-refractivity contribution in [2.24, 2.45) is 0 Å². The second-order valence-electron chi connectivity index (χ2n) is 8.02. The summed E-state index contributed by atoms with van der Waals surface area (Å²) in [6, 6.07) is 2.01. The molecule has 0 spiro atoms. The Morgan fingerprint density at radius 3 is 2.36 bits per heavy atom. The van der Waals surface area contributed by atoms with Crippen LogP contribution >= 0.6 is 11.8 Å². The van der Waals surface area contributed by atoms with Crippen molar-refractivity contribution in [3.63, 3.8) is 0 Å². The van der Waals surface area contributed by atoms with E-state index in [0.29, 0.717) is 24.2 Å². The van der Waals surface area contributed by atoms with Gasteiger partial charge < -0.3 is 15.0 Å². The zero-order chi connectivity index (χ0) is 15.7. The Morgan fingerprint density at radius 2 is 1.82 bits per heavy atom. The first kappa shape index (κ1) is 16.4. The molecular formula is C17H30N2O2S. The van der Waals surface area contributed by atoms with Crippen LogP contribution in [0, 0.1) is 0 Å². The van der Waals surface area contributed by atoms with Gasteiger partial charge in [-0.2, -0.15) is 11.8 Å². The summed E-state index contributed by atoms with van der Waals surface area (Å²) < 4.78 is 5.61. The quantitative estimate of drug-likeness (QED) is 0.844. The number of piperidine rings is 1. The molecule has 3 aliphatic rings. The summed E-state index contributed by atoms with van der Waals surface area (Å²) in [6.45, 7) is 5.84. The highest BCUT2D eigenvalue weighted by molar-refractivity contribution is 7.99. The van der Waals surface area contributed by atoms with Gasteiger partial charge in [-0.1, -0.05) is 0 Å². The number of amides is 1. The third kappa shape index (κ3) is 3.91. The van der Waals surface area contributed by atoms with Gasteiger partial charge in [-0.25, -0.2) is 4.79 Å². The molecule has 4 nitrogen and oxygen atoms in total. The number of nitrogens with zero attached hydrogens (tertiary/aromatic N) is 1. The molecule has 3 atom stereocenters. The van der Waals surface area contributed by atoms with Gasteiger partial charge in [0.25, 0.3) is 0 Å². The van der Waals surface area contributed by atoms with Crippen LogP contribution in [0.5, 0.6) is 0 Å². The van der Waals surface area contributed by atoms with Gasteiger partial charge >= 0.3 is 6.09 Å². The number of hydrogen-bond acceptors (Lipinski definition) is 4. The van der Waals surface area contributed by atoms with Gasteiger partial charge in [0.05, 0.1) is 0 Å². The number of carbonyl (C=O) groups is 1. The topological polar surface area (TPSA) is 41.6 Å². The molecule has 126 valence electrons. The van der Waals surface area contributed by atoms with Crippen molar-refractivity contribution in [1.29, 1.82) is 0 Å². The van der Waals surface area contributed by atoms with E-state index in [1.165, 1.54) is 24.3 Å². The molecular weight excluding hydrogens is 296 g/mol. The summed E-state index contributed by atoms with van der Waals surface area (Å²) in [7, 11) is 0. The van der Waals surface area contributed by atoms with E-state index in [2.05, 4.69) is 17.1 Å². The summed E-state index contributed by atoms with van der Waals surface area (Å²) in [4.78, 5) is 14.5. The van der Waals surface area contributed by atoms with Crippen molar-refractivity contribution in [1.82, 2.24) is 10.2 Å². The maximum Gasteiger partial charge on any atom is 0.410 e. The van der Waals surface area contributed by atoms with E-state index < -0.39 is 5.60 Å². The second-order valence-corrected chi connectivity index (χ2v) is 9.17. The molecule has 2 bridgehead atoms. The number of fused-ring (bicyclic) bond motifs is 2. The smallest absolute Gasteiger partial charge is 0.410 e. The van der Waals surface area contributed by atoms with Crippen LogP contribution in [0.2, 0.25) is 0 Å². The van der Waals surface area contributed by atoms with Gasteiger partial charge in [0.2, 0.25) is 0 Å². The van der Waals surface area contributed by atoms with Crippen LogP contribution in [-0.4, -0.2) is 52.3 Å². The van der Waals surface area contributed by atoms with Crippen molar-refractivity contribution in [2.45, 2.75) is 89.1 Å². The number of carbonyl (C=O) groups excluding carboxylic acids is 1. The highest BCUT2D eigenvalue weighted by Crippen LogP contribution is 2.37. The normalized spacial score (nSPS) is 35.5. The Morgan fingerprint density at radius 1 is 1.14 bits per heavy atom.